The van der Waals surface area contributed by atoms with Gasteiger partial charge in [0.15, 0.2) is 0 Å². The minimum absolute atomic E-state index is 0.0613. The number of benzene rings is 1. The van der Waals surface area contributed by atoms with Gasteiger partial charge in [-0.05, 0) is 52.7 Å². The summed E-state index contributed by atoms with van der Waals surface area (Å²) >= 11 is 4.31. The molecule has 25 heavy (non-hydrogen) atoms. The normalized spacial score (nSPS) is 11.3. The Morgan fingerprint density at radius 1 is 1.32 bits per heavy atom. The van der Waals surface area contributed by atoms with Crippen molar-refractivity contribution in [1.82, 2.24) is 0 Å². The summed E-state index contributed by atoms with van der Waals surface area (Å²) in [6.07, 6.45) is 1.94. The van der Waals surface area contributed by atoms with Crippen molar-refractivity contribution in [2.75, 3.05) is 23.2 Å². The van der Waals surface area contributed by atoms with Crippen LogP contribution in [0, 0.1) is 0 Å². The minimum atomic E-state index is -3.75. The van der Waals surface area contributed by atoms with Crippen LogP contribution in [-0.2, 0) is 10.0 Å². The molecule has 2 rings (SSSR count). The molecule has 1 heterocycles. The van der Waals surface area contributed by atoms with Crippen LogP contribution in [0.3, 0.4) is 0 Å². The van der Waals surface area contributed by atoms with Crippen molar-refractivity contribution < 1.29 is 18.3 Å². The van der Waals surface area contributed by atoms with E-state index in [0.717, 1.165) is 30.7 Å². The van der Waals surface area contributed by atoms with Crippen molar-refractivity contribution in [3.05, 3.63) is 39.7 Å². The Labute approximate surface area is 159 Å². The first kappa shape index (κ1) is 19.7. The highest BCUT2D eigenvalue weighted by Gasteiger charge is 2.19. The minimum Gasteiger partial charge on any atom is -0.478 e. The lowest BCUT2D eigenvalue weighted by atomic mass is 10.1. The molecule has 1 aromatic heterocycles. The zero-order chi connectivity index (χ0) is 18.6. The van der Waals surface area contributed by atoms with Gasteiger partial charge in [-0.3, -0.25) is 4.72 Å². The number of carbonyl (C=O) groups is 1. The van der Waals surface area contributed by atoms with E-state index in [2.05, 4.69) is 27.6 Å². The quantitative estimate of drug-likeness (QED) is 0.632. The first-order valence-corrected chi connectivity index (χ1v) is 10.7. The molecular weight excluding hydrogens is 428 g/mol. The fourth-order valence-electron chi connectivity index (χ4n) is 2.27. The van der Waals surface area contributed by atoms with E-state index in [0.29, 0.717) is 9.47 Å². The zero-order valence-electron chi connectivity index (χ0n) is 13.8. The molecule has 2 aromatic rings. The third-order valence-electron chi connectivity index (χ3n) is 3.55. The molecule has 0 atom stereocenters. The standard InChI is InChI=1S/C16H19BrN2O4S2/c1-3-4-9-19(2)13-6-5-11(10-12(13)16(20)21)18-25(22,23)15-8-7-14(17)24-15/h5-8,10,18H,3-4,9H2,1-2H3,(H,20,21). The molecule has 0 saturated heterocycles. The second-order valence-corrected chi connectivity index (χ2v) is 9.85. The maximum Gasteiger partial charge on any atom is 0.337 e. The third-order valence-corrected chi connectivity index (χ3v) is 7.05. The molecule has 1 aromatic carbocycles. The number of carboxylic acid groups (broad SMARTS) is 1. The summed E-state index contributed by atoms with van der Waals surface area (Å²) in [5.74, 6) is -1.10. The molecule has 6 nitrogen and oxygen atoms in total. The van der Waals surface area contributed by atoms with Crippen LogP contribution in [0.1, 0.15) is 30.1 Å². The van der Waals surface area contributed by atoms with Gasteiger partial charge in [-0.2, -0.15) is 0 Å². The number of thiophene rings is 1. The smallest absolute Gasteiger partial charge is 0.337 e. The molecule has 0 aliphatic rings. The van der Waals surface area contributed by atoms with Crippen LogP contribution in [0.25, 0.3) is 0 Å². The summed E-state index contributed by atoms with van der Waals surface area (Å²) in [7, 11) is -1.93. The summed E-state index contributed by atoms with van der Waals surface area (Å²) in [4.78, 5) is 13.4. The number of unbranched alkanes of at least 4 members (excludes halogenated alkanes) is 1. The lowest BCUT2D eigenvalue weighted by molar-refractivity contribution is 0.0697. The first-order chi connectivity index (χ1) is 11.7. The second kappa shape index (κ2) is 8.20. The van der Waals surface area contributed by atoms with Crippen molar-refractivity contribution >= 4 is 54.6 Å². The topological polar surface area (TPSA) is 86.7 Å². The van der Waals surface area contributed by atoms with Crippen LogP contribution < -0.4 is 9.62 Å². The Balaban J connectivity index is 2.31. The van der Waals surface area contributed by atoms with E-state index in [-0.39, 0.29) is 15.5 Å². The van der Waals surface area contributed by atoms with Crippen LogP contribution in [0.4, 0.5) is 11.4 Å². The van der Waals surface area contributed by atoms with Gasteiger partial charge in [-0.25, -0.2) is 13.2 Å². The van der Waals surface area contributed by atoms with E-state index in [1.54, 1.807) is 18.2 Å². The number of anilines is 2. The number of hydrogen-bond acceptors (Lipinski definition) is 5. The molecule has 9 heteroatoms. The third kappa shape index (κ3) is 4.96. The van der Waals surface area contributed by atoms with Crippen LogP contribution in [0.2, 0.25) is 0 Å². The van der Waals surface area contributed by atoms with Crippen LogP contribution in [0.15, 0.2) is 38.3 Å². The Kier molecular flexibility index (Phi) is 6.47. The second-order valence-electron chi connectivity index (χ2n) is 5.48. The molecule has 0 fully saturated rings. The average molecular weight is 447 g/mol. The molecule has 0 aliphatic carbocycles. The average Bonchev–Trinajstić information content (AvgIpc) is 2.99. The zero-order valence-corrected chi connectivity index (χ0v) is 17.0. The Morgan fingerprint density at radius 2 is 2.04 bits per heavy atom. The number of carboxylic acids is 1. The fraction of sp³-hybridized carbons (Fsp3) is 0.312. The highest BCUT2D eigenvalue weighted by molar-refractivity contribution is 9.11. The van der Waals surface area contributed by atoms with E-state index < -0.39 is 16.0 Å². The largest absolute Gasteiger partial charge is 0.478 e. The number of aromatic carboxylic acids is 1. The monoisotopic (exact) mass is 446 g/mol. The van der Waals surface area contributed by atoms with Gasteiger partial charge in [0.25, 0.3) is 10.0 Å². The number of rotatable bonds is 8. The number of halogens is 1. The highest BCUT2D eigenvalue weighted by atomic mass is 79.9. The van der Waals surface area contributed by atoms with E-state index in [9.17, 15) is 18.3 Å². The molecule has 0 spiro atoms. The summed E-state index contributed by atoms with van der Waals surface area (Å²) in [6.45, 7) is 2.79. The SMILES string of the molecule is CCCCN(C)c1ccc(NS(=O)(=O)c2ccc(Br)s2)cc1C(=O)O. The van der Waals surface area contributed by atoms with Crippen LogP contribution in [-0.4, -0.2) is 33.1 Å². The number of sulfonamides is 1. The van der Waals surface area contributed by atoms with Gasteiger partial charge in [0.2, 0.25) is 0 Å². The molecular formula is C16H19BrN2O4S2. The van der Waals surface area contributed by atoms with E-state index >= 15 is 0 Å². The van der Waals surface area contributed by atoms with Crippen molar-refractivity contribution in [2.45, 2.75) is 24.0 Å². The van der Waals surface area contributed by atoms with Crippen molar-refractivity contribution in [2.24, 2.45) is 0 Å². The van der Waals surface area contributed by atoms with Gasteiger partial charge < -0.3 is 10.0 Å². The summed E-state index contributed by atoms with van der Waals surface area (Å²) < 4.78 is 28.0. The molecule has 2 N–H and O–H groups in total. The molecule has 0 unspecified atom stereocenters. The summed E-state index contributed by atoms with van der Waals surface area (Å²) in [6, 6.07) is 7.68. The molecule has 0 aliphatic heterocycles. The van der Waals surface area contributed by atoms with Gasteiger partial charge in [-0.1, -0.05) is 13.3 Å². The van der Waals surface area contributed by atoms with Crippen LogP contribution >= 0.6 is 27.3 Å². The molecule has 136 valence electrons. The van der Waals surface area contributed by atoms with E-state index in [1.165, 1.54) is 12.1 Å². The number of nitrogens with zero attached hydrogens (tertiary/aromatic N) is 1. The first-order valence-electron chi connectivity index (χ1n) is 7.61. The van der Waals surface area contributed by atoms with Gasteiger partial charge in [0, 0.05) is 19.3 Å². The molecule has 0 amide bonds. The Bertz CT molecular complexity index is 865. The van der Waals surface area contributed by atoms with Gasteiger partial charge in [-0.15, -0.1) is 11.3 Å². The predicted molar refractivity (Wildman–Crippen MR) is 104 cm³/mol. The Hall–Kier alpha value is -1.58. The lowest BCUT2D eigenvalue weighted by Crippen LogP contribution is -2.21. The van der Waals surface area contributed by atoms with Gasteiger partial charge >= 0.3 is 5.97 Å². The van der Waals surface area contributed by atoms with Gasteiger partial charge in [0.1, 0.15) is 4.21 Å². The molecule has 0 bridgehead atoms. The molecule has 0 saturated carbocycles. The van der Waals surface area contributed by atoms with E-state index in [4.69, 9.17) is 0 Å². The summed E-state index contributed by atoms with van der Waals surface area (Å²) in [5, 5.41) is 9.48. The van der Waals surface area contributed by atoms with Crippen molar-refractivity contribution in [3.8, 4) is 0 Å². The highest BCUT2D eigenvalue weighted by Crippen LogP contribution is 2.29. The maximum atomic E-state index is 12.4. The fourth-order valence-corrected chi connectivity index (χ4v) is 5.33. The van der Waals surface area contributed by atoms with Crippen molar-refractivity contribution in [1.29, 1.82) is 0 Å². The number of nitrogens with one attached hydrogen (secondary N) is 1. The van der Waals surface area contributed by atoms with Crippen LogP contribution in [0.5, 0.6) is 0 Å². The Morgan fingerprint density at radius 3 is 2.60 bits per heavy atom. The summed E-state index contributed by atoms with van der Waals surface area (Å²) in [5.41, 5.74) is 0.837. The van der Waals surface area contributed by atoms with E-state index in [1.807, 2.05) is 11.9 Å². The maximum absolute atomic E-state index is 12.4. The van der Waals surface area contributed by atoms with Crippen molar-refractivity contribution in [3.63, 3.8) is 0 Å². The molecule has 0 radical (unpaired) electrons. The van der Waals surface area contributed by atoms with Gasteiger partial charge in [0.05, 0.1) is 15.0 Å². The predicted octanol–water partition coefficient (Wildman–Crippen LogP) is 4.25. The number of hydrogen-bond donors (Lipinski definition) is 2. The lowest BCUT2D eigenvalue weighted by Gasteiger charge is -2.21.